The highest BCUT2D eigenvalue weighted by Gasteiger charge is 2.60. The van der Waals surface area contributed by atoms with Crippen LogP contribution in [0.3, 0.4) is 0 Å². The van der Waals surface area contributed by atoms with Gasteiger partial charge in [-0.25, -0.2) is 4.57 Å². The predicted molar refractivity (Wildman–Crippen MR) is 440 cm³/mol. The average Bonchev–Trinajstić information content (AvgIpc) is 0.755. The topological polar surface area (TPSA) is 380 Å². The number of rotatable bonds is 75. The minimum Gasteiger partial charge on any atom is -0.463 e. The summed E-state index contributed by atoms with van der Waals surface area (Å²) in [6, 6.07) is 0. The van der Waals surface area contributed by atoms with Crippen LogP contribution in [0.1, 0.15) is 407 Å². The minimum atomic E-state index is -5.80. The standard InChI is InChI=1S/C88H165O25P/c1-5-9-13-17-21-25-29-33-34-35-39-41-44-48-52-56-60-71(90)104-65-68(107-73(92)62-58-54-50-46-42-37-31-27-23-19-15-11-7-3)66-106-114(102,103)113-86-84(111-87-81(100)77(96)75(94)69(64-89)108-87)80(99)79(98)83(110-74(93)63-59-55-51-47-43-38-32-28-24-20-16-12-8-4)85(86)112-88-82(101)78(97)76(95)70(109-88)67-105-72(91)61-57-53-49-45-40-36-30-26-22-18-14-10-6-2/h68-70,75-89,94-101H,5-67H2,1-4H3,(H,102,103). The van der Waals surface area contributed by atoms with E-state index in [1.54, 1.807) is 0 Å². The van der Waals surface area contributed by atoms with E-state index in [9.17, 15) is 74.6 Å². The molecule has 3 fully saturated rings. The molecular weight excluding hydrogens is 1490 g/mol. The van der Waals surface area contributed by atoms with E-state index < -0.39 is 162 Å². The van der Waals surface area contributed by atoms with Crippen LogP contribution >= 0.6 is 7.82 Å². The number of carbonyl (C=O) groups is 4. The summed E-state index contributed by atoms with van der Waals surface area (Å²) in [5.41, 5.74) is 0. The van der Waals surface area contributed by atoms with E-state index in [1.807, 2.05) is 0 Å². The molecule has 672 valence electrons. The maximum absolute atomic E-state index is 14.9. The predicted octanol–water partition coefficient (Wildman–Crippen LogP) is 16.6. The molecule has 0 aromatic carbocycles. The number of phosphoric acid groups is 1. The van der Waals surface area contributed by atoms with Crippen LogP contribution in [0.5, 0.6) is 0 Å². The van der Waals surface area contributed by atoms with Crippen LogP contribution in [0.2, 0.25) is 0 Å². The van der Waals surface area contributed by atoms with Gasteiger partial charge in [-0.2, -0.15) is 0 Å². The maximum Gasteiger partial charge on any atom is 0.472 e. The molecule has 1 aliphatic carbocycles. The summed E-state index contributed by atoms with van der Waals surface area (Å²) in [7, 11) is -5.80. The summed E-state index contributed by atoms with van der Waals surface area (Å²) >= 11 is 0. The minimum absolute atomic E-state index is 0.0198. The highest BCUT2D eigenvalue weighted by atomic mass is 31.2. The van der Waals surface area contributed by atoms with Crippen LogP contribution in [-0.4, -0.2) is 205 Å². The van der Waals surface area contributed by atoms with E-state index in [0.29, 0.717) is 32.1 Å². The molecule has 10 N–H and O–H groups in total. The number of phosphoric ester groups is 1. The quantitative estimate of drug-likeness (QED) is 0.0117. The lowest BCUT2D eigenvalue weighted by atomic mass is 9.84. The third-order valence-corrected chi connectivity index (χ3v) is 23.8. The summed E-state index contributed by atoms with van der Waals surface area (Å²) < 4.78 is 73.3. The van der Waals surface area contributed by atoms with Gasteiger partial charge in [0.15, 0.2) is 24.8 Å². The SMILES string of the molecule is CCCCCCCCCCCCCCCCCCC(=O)OCC(COP(=O)(O)OC1C(OC2OC(CO)C(O)C(O)C2O)C(O)C(O)C(OC(=O)CCCCCCCCCCCCCCC)C1OC1OC(COC(=O)CCCCCCCCCCCCCCC)C(O)C(O)C1O)OC(=O)CCCCCCCCCCCCCCC. The van der Waals surface area contributed by atoms with Crippen LogP contribution in [0.15, 0.2) is 0 Å². The van der Waals surface area contributed by atoms with Gasteiger partial charge in [-0.05, 0) is 25.7 Å². The van der Waals surface area contributed by atoms with Gasteiger partial charge in [0.1, 0.15) is 92.6 Å². The Morgan fingerprint density at radius 2 is 0.605 bits per heavy atom. The second kappa shape index (κ2) is 68.1. The van der Waals surface area contributed by atoms with Crippen molar-refractivity contribution in [3.8, 4) is 0 Å². The second-order valence-corrected chi connectivity index (χ2v) is 34.6. The number of carbonyl (C=O) groups excluding carboxylic acids is 4. The van der Waals surface area contributed by atoms with Gasteiger partial charge >= 0.3 is 31.7 Å². The molecule has 2 saturated heterocycles. The van der Waals surface area contributed by atoms with Gasteiger partial charge in [-0.1, -0.05) is 355 Å². The summed E-state index contributed by atoms with van der Waals surface area (Å²) in [5, 5.41) is 102. The van der Waals surface area contributed by atoms with Crippen molar-refractivity contribution in [3.63, 3.8) is 0 Å². The Morgan fingerprint density at radius 1 is 0.316 bits per heavy atom. The molecule has 0 spiro atoms. The van der Waals surface area contributed by atoms with Crippen molar-refractivity contribution in [3.05, 3.63) is 0 Å². The molecule has 18 unspecified atom stereocenters. The Balaban J connectivity index is 1.91. The van der Waals surface area contributed by atoms with Crippen molar-refractivity contribution in [2.24, 2.45) is 0 Å². The maximum atomic E-state index is 14.9. The van der Waals surface area contributed by atoms with E-state index in [1.165, 1.54) is 193 Å². The zero-order valence-electron chi connectivity index (χ0n) is 71.4. The van der Waals surface area contributed by atoms with E-state index in [-0.39, 0.29) is 25.7 Å². The molecule has 2 heterocycles. The molecule has 3 aliphatic rings. The zero-order valence-corrected chi connectivity index (χ0v) is 72.3. The van der Waals surface area contributed by atoms with Crippen LogP contribution in [-0.2, 0) is 70.7 Å². The summed E-state index contributed by atoms with van der Waals surface area (Å²) in [5.74, 6) is -2.94. The van der Waals surface area contributed by atoms with Crippen molar-refractivity contribution in [1.29, 1.82) is 0 Å². The van der Waals surface area contributed by atoms with Crippen LogP contribution < -0.4 is 0 Å². The Labute approximate surface area is 687 Å². The Kier molecular flexibility index (Phi) is 63.1. The van der Waals surface area contributed by atoms with Crippen molar-refractivity contribution in [2.45, 2.75) is 511 Å². The first-order chi connectivity index (χ1) is 55.2. The van der Waals surface area contributed by atoms with Gasteiger partial charge in [0.2, 0.25) is 0 Å². The Morgan fingerprint density at radius 3 is 0.956 bits per heavy atom. The molecule has 0 aromatic heterocycles. The molecule has 18 atom stereocenters. The van der Waals surface area contributed by atoms with Gasteiger partial charge in [0, 0.05) is 25.7 Å². The smallest absolute Gasteiger partial charge is 0.463 e. The molecule has 3 rings (SSSR count). The fourth-order valence-electron chi connectivity index (χ4n) is 15.5. The van der Waals surface area contributed by atoms with E-state index in [2.05, 4.69) is 27.7 Å². The molecule has 114 heavy (non-hydrogen) atoms. The molecule has 1 saturated carbocycles. The Hall–Kier alpha value is -2.53. The number of aliphatic hydroxyl groups excluding tert-OH is 9. The van der Waals surface area contributed by atoms with Crippen molar-refractivity contribution >= 4 is 31.7 Å². The molecule has 0 bridgehead atoms. The first-order valence-electron chi connectivity index (χ1n) is 46.3. The third kappa shape index (κ3) is 48.2. The molecule has 2 aliphatic heterocycles. The van der Waals surface area contributed by atoms with E-state index >= 15 is 0 Å². The summed E-state index contributed by atoms with van der Waals surface area (Å²) in [6.45, 7) is 5.61. The van der Waals surface area contributed by atoms with Crippen molar-refractivity contribution in [1.82, 2.24) is 0 Å². The first-order valence-corrected chi connectivity index (χ1v) is 47.8. The lowest BCUT2D eigenvalue weighted by Crippen LogP contribution is -2.70. The lowest BCUT2D eigenvalue weighted by molar-refractivity contribution is -0.360. The van der Waals surface area contributed by atoms with Crippen LogP contribution in [0, 0.1) is 0 Å². The van der Waals surface area contributed by atoms with Crippen LogP contribution in [0.4, 0.5) is 0 Å². The van der Waals surface area contributed by atoms with Gasteiger partial charge in [0.05, 0.1) is 13.2 Å². The molecule has 26 heteroatoms. The number of esters is 4. The number of unbranched alkanes of at least 4 members (excludes halogenated alkanes) is 51. The van der Waals surface area contributed by atoms with E-state index in [4.69, 9.17) is 46.9 Å². The normalized spacial score (nSPS) is 25.3. The van der Waals surface area contributed by atoms with Gasteiger partial charge in [-0.3, -0.25) is 28.2 Å². The molecular formula is C88H165O25P. The van der Waals surface area contributed by atoms with Gasteiger partial charge in [-0.15, -0.1) is 0 Å². The average molecular weight is 1650 g/mol. The molecule has 25 nitrogen and oxygen atoms in total. The number of hydrogen-bond donors (Lipinski definition) is 10. The first kappa shape index (κ1) is 106. The van der Waals surface area contributed by atoms with Crippen molar-refractivity contribution < 1.29 is 122 Å². The molecule has 0 radical (unpaired) electrons. The van der Waals surface area contributed by atoms with Gasteiger partial charge < -0.3 is 88.7 Å². The summed E-state index contributed by atoms with van der Waals surface area (Å²) in [6.07, 6.45) is 23.9. The number of aliphatic hydroxyl groups is 9. The largest absolute Gasteiger partial charge is 0.472 e. The second-order valence-electron chi connectivity index (χ2n) is 33.2. The monoisotopic (exact) mass is 1650 g/mol. The van der Waals surface area contributed by atoms with Gasteiger partial charge in [0.25, 0.3) is 0 Å². The number of ether oxygens (including phenoxy) is 8. The fraction of sp³-hybridized carbons (Fsp3) is 0.955. The highest BCUT2D eigenvalue weighted by Crippen LogP contribution is 2.49. The highest BCUT2D eigenvalue weighted by molar-refractivity contribution is 7.47. The number of hydrogen-bond acceptors (Lipinski definition) is 24. The fourth-order valence-corrected chi connectivity index (χ4v) is 16.5. The van der Waals surface area contributed by atoms with Crippen molar-refractivity contribution in [2.75, 3.05) is 26.4 Å². The Bertz CT molecular complexity index is 2380. The lowest BCUT2D eigenvalue weighted by Gasteiger charge is -2.50. The summed E-state index contributed by atoms with van der Waals surface area (Å²) in [4.78, 5) is 66.3. The third-order valence-electron chi connectivity index (χ3n) is 22.9. The van der Waals surface area contributed by atoms with E-state index in [0.717, 1.165) is 128 Å². The van der Waals surface area contributed by atoms with Crippen LogP contribution in [0.25, 0.3) is 0 Å². The molecule has 0 aromatic rings. The zero-order chi connectivity index (χ0) is 83.2. The molecule has 0 amide bonds.